The third kappa shape index (κ3) is 1.75. The molecule has 1 fully saturated rings. The van der Waals surface area contributed by atoms with Gasteiger partial charge in [-0.05, 0) is 24.3 Å². The number of Topliss-reactive ketones (excluding diaryl/α,β-unsaturated/α-hetero) is 1. The van der Waals surface area contributed by atoms with E-state index in [2.05, 4.69) is 4.98 Å². The molecule has 1 aromatic carbocycles. The van der Waals surface area contributed by atoms with Gasteiger partial charge in [0.15, 0.2) is 11.9 Å². The van der Waals surface area contributed by atoms with Crippen molar-refractivity contribution in [3.05, 3.63) is 36.5 Å². The van der Waals surface area contributed by atoms with Crippen LogP contribution in [0.1, 0.15) is 6.42 Å². The largest absolute Gasteiger partial charge is 0.486 e. The number of pyridine rings is 1. The number of rotatable bonds is 3. The van der Waals surface area contributed by atoms with Crippen LogP contribution in [0.4, 0.5) is 0 Å². The van der Waals surface area contributed by atoms with Gasteiger partial charge in [0.2, 0.25) is 0 Å². The molecule has 1 aliphatic rings. The first-order valence-corrected chi connectivity index (χ1v) is 5.85. The number of hydrogen-bond donors (Lipinski definition) is 0. The van der Waals surface area contributed by atoms with Gasteiger partial charge in [0.1, 0.15) is 11.9 Å². The van der Waals surface area contributed by atoms with E-state index in [9.17, 15) is 4.79 Å². The molecule has 0 saturated heterocycles. The summed E-state index contributed by atoms with van der Waals surface area (Å²) >= 11 is 0. The summed E-state index contributed by atoms with van der Waals surface area (Å²) in [5.41, 5.74) is 0.884. The highest BCUT2D eigenvalue weighted by atomic mass is 16.5. The molecule has 1 saturated carbocycles. The molecule has 18 heavy (non-hydrogen) atoms. The molecule has 0 spiro atoms. The maximum Gasteiger partial charge on any atom is 0.169 e. The molecule has 1 aromatic heterocycles. The average Bonchev–Trinajstić information content (AvgIpc) is 2.39. The molecule has 4 nitrogen and oxygen atoms in total. The smallest absolute Gasteiger partial charge is 0.169 e. The van der Waals surface area contributed by atoms with Gasteiger partial charge in [0.25, 0.3) is 0 Å². The quantitative estimate of drug-likeness (QED) is 0.827. The van der Waals surface area contributed by atoms with E-state index in [1.807, 2.05) is 30.3 Å². The number of carbonyl (C=O) groups excluding carboxylic acids is 1. The molecule has 0 bridgehead atoms. The molecule has 92 valence electrons. The second-order valence-electron chi connectivity index (χ2n) is 4.31. The van der Waals surface area contributed by atoms with Crippen LogP contribution in [-0.2, 0) is 9.53 Å². The maximum absolute atomic E-state index is 11.3. The number of hydrogen-bond acceptors (Lipinski definition) is 4. The standard InChI is InChI=1S/C14H13NO3/c1-17-14-11(16)8-13(14)18-12-6-2-5-10-9(12)4-3-7-15-10/h2-7,13-14H,8H2,1H3. The number of ether oxygens (including phenoxy) is 2. The summed E-state index contributed by atoms with van der Waals surface area (Å²) in [5.74, 6) is 0.848. The average molecular weight is 243 g/mol. The Bertz CT molecular complexity index is 591. The van der Waals surface area contributed by atoms with Crippen LogP contribution in [0.5, 0.6) is 5.75 Å². The minimum atomic E-state index is -0.433. The van der Waals surface area contributed by atoms with E-state index in [4.69, 9.17) is 9.47 Å². The van der Waals surface area contributed by atoms with E-state index in [1.165, 1.54) is 7.11 Å². The Morgan fingerprint density at radius 1 is 1.28 bits per heavy atom. The van der Waals surface area contributed by atoms with Crippen LogP contribution in [0.3, 0.4) is 0 Å². The zero-order valence-electron chi connectivity index (χ0n) is 10.00. The van der Waals surface area contributed by atoms with Crippen molar-refractivity contribution in [2.24, 2.45) is 0 Å². The van der Waals surface area contributed by atoms with Crippen LogP contribution in [0.15, 0.2) is 36.5 Å². The molecular formula is C14H13NO3. The molecule has 0 N–H and O–H groups in total. The first-order valence-electron chi connectivity index (χ1n) is 5.85. The summed E-state index contributed by atoms with van der Waals surface area (Å²) in [6, 6.07) is 9.54. The minimum Gasteiger partial charge on any atom is -0.486 e. The highest BCUT2D eigenvalue weighted by Gasteiger charge is 2.42. The van der Waals surface area contributed by atoms with E-state index >= 15 is 0 Å². The van der Waals surface area contributed by atoms with Crippen molar-refractivity contribution in [1.29, 1.82) is 0 Å². The third-order valence-electron chi connectivity index (χ3n) is 3.20. The van der Waals surface area contributed by atoms with Gasteiger partial charge < -0.3 is 9.47 Å². The summed E-state index contributed by atoms with van der Waals surface area (Å²) in [6.45, 7) is 0. The van der Waals surface area contributed by atoms with Gasteiger partial charge in [0.05, 0.1) is 5.52 Å². The lowest BCUT2D eigenvalue weighted by molar-refractivity contribution is -0.150. The summed E-state index contributed by atoms with van der Waals surface area (Å²) in [4.78, 5) is 15.6. The molecule has 0 aliphatic heterocycles. The molecule has 2 unspecified atom stereocenters. The maximum atomic E-state index is 11.3. The normalized spacial score (nSPS) is 22.8. The molecule has 1 aliphatic carbocycles. The van der Waals surface area contributed by atoms with Crippen molar-refractivity contribution < 1.29 is 14.3 Å². The molecule has 2 atom stereocenters. The van der Waals surface area contributed by atoms with Gasteiger partial charge in [-0.15, -0.1) is 0 Å². The van der Waals surface area contributed by atoms with E-state index in [1.54, 1.807) is 6.20 Å². The van der Waals surface area contributed by atoms with E-state index in [0.29, 0.717) is 6.42 Å². The van der Waals surface area contributed by atoms with Gasteiger partial charge in [0, 0.05) is 25.1 Å². The Kier molecular flexibility index (Phi) is 2.72. The van der Waals surface area contributed by atoms with Crippen LogP contribution in [-0.4, -0.2) is 30.1 Å². The fourth-order valence-electron chi connectivity index (χ4n) is 2.20. The molecule has 1 heterocycles. The lowest BCUT2D eigenvalue weighted by Crippen LogP contribution is -2.51. The Labute approximate surface area is 105 Å². The van der Waals surface area contributed by atoms with Crippen LogP contribution in [0.2, 0.25) is 0 Å². The molecule has 3 rings (SSSR count). The highest BCUT2D eigenvalue weighted by Crippen LogP contribution is 2.29. The highest BCUT2D eigenvalue weighted by molar-refractivity contribution is 5.91. The van der Waals surface area contributed by atoms with Crippen molar-refractivity contribution in [3.8, 4) is 5.75 Å². The minimum absolute atomic E-state index is 0.0980. The zero-order valence-corrected chi connectivity index (χ0v) is 10.00. The molecule has 4 heteroatoms. The summed E-state index contributed by atoms with van der Waals surface area (Å²) in [6.07, 6.45) is 1.54. The summed E-state index contributed by atoms with van der Waals surface area (Å²) in [7, 11) is 1.53. The summed E-state index contributed by atoms with van der Waals surface area (Å²) in [5, 5.41) is 0.953. The van der Waals surface area contributed by atoms with Crippen molar-refractivity contribution in [2.75, 3.05) is 7.11 Å². The second-order valence-corrected chi connectivity index (χ2v) is 4.31. The molecular weight excluding hydrogens is 230 g/mol. The number of ketones is 1. The van der Waals surface area contributed by atoms with Gasteiger partial charge in [-0.25, -0.2) is 0 Å². The van der Waals surface area contributed by atoms with Crippen molar-refractivity contribution in [2.45, 2.75) is 18.6 Å². The number of nitrogens with zero attached hydrogens (tertiary/aromatic N) is 1. The first kappa shape index (κ1) is 11.2. The molecule has 0 amide bonds. The van der Waals surface area contributed by atoms with Crippen LogP contribution in [0.25, 0.3) is 10.9 Å². The predicted molar refractivity (Wildman–Crippen MR) is 66.6 cm³/mol. The fraction of sp³-hybridized carbons (Fsp3) is 0.286. The topological polar surface area (TPSA) is 48.4 Å². The number of aromatic nitrogens is 1. The van der Waals surface area contributed by atoms with Crippen LogP contribution < -0.4 is 4.74 Å². The number of methoxy groups -OCH3 is 1. The SMILES string of the molecule is COC1C(=O)CC1Oc1cccc2ncccc12. The van der Waals surface area contributed by atoms with E-state index in [0.717, 1.165) is 16.7 Å². The molecule has 2 aromatic rings. The van der Waals surface area contributed by atoms with Gasteiger partial charge in [-0.1, -0.05) is 6.07 Å². The monoisotopic (exact) mass is 243 g/mol. The van der Waals surface area contributed by atoms with Crippen LogP contribution in [0, 0.1) is 0 Å². The Morgan fingerprint density at radius 2 is 2.17 bits per heavy atom. The Morgan fingerprint density at radius 3 is 2.94 bits per heavy atom. The lowest BCUT2D eigenvalue weighted by atomic mass is 9.90. The fourth-order valence-corrected chi connectivity index (χ4v) is 2.20. The van der Waals surface area contributed by atoms with Crippen molar-refractivity contribution in [1.82, 2.24) is 4.98 Å². The third-order valence-corrected chi connectivity index (χ3v) is 3.20. The number of benzene rings is 1. The van der Waals surface area contributed by atoms with Gasteiger partial charge in [-0.3, -0.25) is 9.78 Å². The first-order chi connectivity index (χ1) is 8.79. The predicted octanol–water partition coefficient (Wildman–Crippen LogP) is 1.97. The number of carbonyl (C=O) groups is 1. The van der Waals surface area contributed by atoms with Crippen LogP contribution >= 0.6 is 0 Å². The van der Waals surface area contributed by atoms with E-state index in [-0.39, 0.29) is 11.9 Å². The number of fused-ring (bicyclic) bond motifs is 1. The molecule has 0 radical (unpaired) electrons. The zero-order chi connectivity index (χ0) is 12.5. The van der Waals surface area contributed by atoms with Crippen molar-refractivity contribution >= 4 is 16.7 Å². The van der Waals surface area contributed by atoms with Gasteiger partial charge >= 0.3 is 0 Å². The Hall–Kier alpha value is -1.94. The summed E-state index contributed by atoms with van der Waals surface area (Å²) < 4.78 is 11.0. The van der Waals surface area contributed by atoms with E-state index < -0.39 is 6.10 Å². The Balaban J connectivity index is 1.89. The van der Waals surface area contributed by atoms with Crippen molar-refractivity contribution in [3.63, 3.8) is 0 Å². The van der Waals surface area contributed by atoms with Gasteiger partial charge in [-0.2, -0.15) is 0 Å². The second kappa shape index (κ2) is 4.38. The lowest BCUT2D eigenvalue weighted by Gasteiger charge is -2.33.